The second-order valence-electron chi connectivity index (χ2n) is 5.42. The molecule has 1 N–H and O–H groups in total. The van der Waals surface area contributed by atoms with E-state index in [0.717, 1.165) is 0 Å². The van der Waals surface area contributed by atoms with Gasteiger partial charge in [-0.15, -0.1) is 0 Å². The number of halogens is 1. The number of hydrogen-bond acceptors (Lipinski definition) is 6. The molecule has 1 aromatic heterocycles. The minimum Gasteiger partial charge on any atom is -0.496 e. The molecule has 136 valence electrons. The highest BCUT2D eigenvalue weighted by Gasteiger charge is 2.19. The number of hydrogen-bond donors (Lipinski definition) is 1. The van der Waals surface area contributed by atoms with Crippen molar-refractivity contribution >= 4 is 21.6 Å². The van der Waals surface area contributed by atoms with Crippen LogP contribution in [0.2, 0.25) is 5.02 Å². The average molecular weight is 394 g/mol. The second-order valence-corrected chi connectivity index (χ2v) is 7.59. The van der Waals surface area contributed by atoms with Crippen LogP contribution in [0.4, 0.5) is 0 Å². The molecule has 0 aliphatic heterocycles. The Labute approximate surface area is 156 Å². The summed E-state index contributed by atoms with van der Waals surface area (Å²) in [6.45, 7) is 1.72. The van der Waals surface area contributed by atoms with Crippen molar-refractivity contribution in [3.8, 4) is 17.1 Å². The summed E-state index contributed by atoms with van der Waals surface area (Å²) in [6, 6.07) is 11.5. The Kier molecular flexibility index (Phi) is 5.26. The Morgan fingerprint density at radius 3 is 2.65 bits per heavy atom. The molecule has 0 aliphatic rings. The fourth-order valence-electron chi connectivity index (χ4n) is 2.34. The van der Waals surface area contributed by atoms with Crippen LogP contribution in [0.3, 0.4) is 0 Å². The third kappa shape index (κ3) is 3.87. The van der Waals surface area contributed by atoms with Crippen molar-refractivity contribution in [2.75, 3.05) is 7.11 Å². The number of benzene rings is 2. The lowest BCUT2D eigenvalue weighted by atomic mass is 10.2. The summed E-state index contributed by atoms with van der Waals surface area (Å²) in [6.07, 6.45) is 0. The molecular formula is C17H16ClN3O4S. The highest BCUT2D eigenvalue weighted by atomic mass is 35.5. The lowest BCUT2D eigenvalue weighted by molar-refractivity contribution is 0.392. The maximum Gasteiger partial charge on any atom is 0.240 e. The van der Waals surface area contributed by atoms with Crippen LogP contribution in [-0.4, -0.2) is 25.7 Å². The number of nitrogens with zero attached hydrogens (tertiary/aromatic N) is 2. The summed E-state index contributed by atoms with van der Waals surface area (Å²) >= 11 is 6.07. The van der Waals surface area contributed by atoms with Gasteiger partial charge in [0, 0.05) is 18.5 Å². The summed E-state index contributed by atoms with van der Waals surface area (Å²) in [5.41, 5.74) is 1.10. The van der Waals surface area contributed by atoms with Gasteiger partial charge in [-0.3, -0.25) is 0 Å². The summed E-state index contributed by atoms with van der Waals surface area (Å²) in [5, 5.41) is 4.32. The summed E-state index contributed by atoms with van der Waals surface area (Å²) in [7, 11) is -2.29. The van der Waals surface area contributed by atoms with Gasteiger partial charge < -0.3 is 9.26 Å². The van der Waals surface area contributed by atoms with E-state index in [0.29, 0.717) is 27.8 Å². The third-order valence-electron chi connectivity index (χ3n) is 3.66. The number of ether oxygens (including phenoxy) is 1. The molecule has 2 aromatic carbocycles. The molecule has 0 unspecified atom stereocenters. The Morgan fingerprint density at radius 2 is 2.00 bits per heavy atom. The Morgan fingerprint density at radius 1 is 1.23 bits per heavy atom. The molecule has 0 saturated heterocycles. The number of aromatic nitrogens is 2. The van der Waals surface area contributed by atoms with Gasteiger partial charge in [0.1, 0.15) is 5.75 Å². The molecule has 0 spiro atoms. The molecule has 0 radical (unpaired) electrons. The molecule has 0 fully saturated rings. The topological polar surface area (TPSA) is 94.3 Å². The minimum absolute atomic E-state index is 0.0582. The first-order valence-electron chi connectivity index (χ1n) is 7.62. The Hall–Kier alpha value is -2.42. The van der Waals surface area contributed by atoms with E-state index in [1.807, 2.05) is 0 Å². The van der Waals surface area contributed by atoms with Gasteiger partial charge in [0.25, 0.3) is 0 Å². The first-order chi connectivity index (χ1) is 12.4. The fourth-order valence-corrected chi connectivity index (χ4v) is 3.57. The zero-order valence-corrected chi connectivity index (χ0v) is 15.6. The zero-order chi connectivity index (χ0) is 18.7. The highest BCUT2D eigenvalue weighted by Crippen LogP contribution is 2.30. The molecule has 7 nitrogen and oxygen atoms in total. The van der Waals surface area contributed by atoms with Gasteiger partial charge in [-0.05, 0) is 29.8 Å². The van der Waals surface area contributed by atoms with Crippen molar-refractivity contribution in [1.82, 2.24) is 14.9 Å². The van der Waals surface area contributed by atoms with Gasteiger partial charge in [-0.2, -0.15) is 4.98 Å². The zero-order valence-electron chi connectivity index (χ0n) is 14.1. The van der Waals surface area contributed by atoms with E-state index in [-0.39, 0.29) is 17.3 Å². The van der Waals surface area contributed by atoms with Gasteiger partial charge >= 0.3 is 0 Å². The van der Waals surface area contributed by atoms with Crippen LogP contribution in [0.15, 0.2) is 51.9 Å². The molecule has 3 aromatic rings. The van der Waals surface area contributed by atoms with Crippen LogP contribution >= 0.6 is 11.6 Å². The van der Waals surface area contributed by atoms with E-state index in [1.54, 1.807) is 37.3 Å². The molecule has 0 saturated carbocycles. The maximum atomic E-state index is 12.6. The second kappa shape index (κ2) is 7.45. The Balaban J connectivity index is 1.91. The lowest BCUT2D eigenvalue weighted by Gasteiger charge is -2.11. The van der Waals surface area contributed by atoms with Gasteiger partial charge in [0.2, 0.25) is 21.7 Å². The molecule has 0 atom stereocenters. The number of aryl methyl sites for hydroxylation is 1. The minimum atomic E-state index is -3.77. The smallest absolute Gasteiger partial charge is 0.240 e. The van der Waals surface area contributed by atoms with E-state index < -0.39 is 10.0 Å². The van der Waals surface area contributed by atoms with Crippen LogP contribution in [0.1, 0.15) is 11.5 Å². The number of nitrogens with one attached hydrogen (secondary N) is 1. The van der Waals surface area contributed by atoms with Crippen molar-refractivity contribution in [1.29, 1.82) is 0 Å². The monoisotopic (exact) mass is 393 g/mol. The van der Waals surface area contributed by atoms with Crippen LogP contribution < -0.4 is 9.46 Å². The van der Waals surface area contributed by atoms with Crippen LogP contribution in [-0.2, 0) is 16.6 Å². The summed E-state index contributed by atoms with van der Waals surface area (Å²) in [5.74, 6) is 1.06. The first-order valence-corrected chi connectivity index (χ1v) is 9.48. The van der Waals surface area contributed by atoms with Gasteiger partial charge in [-0.25, -0.2) is 13.1 Å². The molecule has 0 aliphatic carbocycles. The predicted molar refractivity (Wildman–Crippen MR) is 96.5 cm³/mol. The van der Waals surface area contributed by atoms with Gasteiger partial charge in [0.15, 0.2) is 0 Å². The quantitative estimate of drug-likeness (QED) is 0.691. The average Bonchev–Trinajstić information content (AvgIpc) is 3.06. The molecule has 26 heavy (non-hydrogen) atoms. The summed E-state index contributed by atoms with van der Waals surface area (Å²) in [4.78, 5) is 4.19. The molecule has 9 heteroatoms. The molecule has 1 heterocycles. The van der Waals surface area contributed by atoms with E-state index in [9.17, 15) is 8.42 Å². The number of sulfonamides is 1. The first kappa shape index (κ1) is 18.4. The predicted octanol–water partition coefficient (Wildman–Crippen LogP) is 3.19. The SMILES string of the molecule is COc1ccc(S(=O)(=O)NCc2ccccc2Cl)cc1-c1noc(C)n1. The normalized spacial score (nSPS) is 11.5. The van der Waals surface area contributed by atoms with E-state index in [4.69, 9.17) is 20.9 Å². The number of rotatable bonds is 6. The summed E-state index contributed by atoms with van der Waals surface area (Å²) < 4.78 is 38.1. The van der Waals surface area contributed by atoms with Crippen molar-refractivity contribution in [3.05, 3.63) is 58.9 Å². The van der Waals surface area contributed by atoms with Crippen molar-refractivity contribution in [3.63, 3.8) is 0 Å². The third-order valence-corrected chi connectivity index (χ3v) is 5.43. The molecule has 0 amide bonds. The fraction of sp³-hybridized carbons (Fsp3) is 0.176. The highest BCUT2D eigenvalue weighted by molar-refractivity contribution is 7.89. The lowest BCUT2D eigenvalue weighted by Crippen LogP contribution is -2.23. The van der Waals surface area contributed by atoms with Crippen LogP contribution in [0.25, 0.3) is 11.4 Å². The van der Waals surface area contributed by atoms with Gasteiger partial charge in [0.05, 0.1) is 17.6 Å². The standard InChI is InChI=1S/C17H16ClN3O4S/c1-11-20-17(21-25-11)14-9-13(7-8-16(14)24-2)26(22,23)19-10-12-5-3-4-6-15(12)18/h3-9,19H,10H2,1-2H3. The maximum absolute atomic E-state index is 12.6. The van der Waals surface area contributed by atoms with E-state index in [1.165, 1.54) is 19.2 Å². The van der Waals surface area contributed by atoms with Crippen molar-refractivity contribution < 1.29 is 17.7 Å². The number of methoxy groups -OCH3 is 1. The Bertz CT molecular complexity index is 1030. The largest absolute Gasteiger partial charge is 0.496 e. The molecule has 3 rings (SSSR count). The van der Waals surface area contributed by atoms with E-state index in [2.05, 4.69) is 14.9 Å². The van der Waals surface area contributed by atoms with Crippen LogP contribution in [0.5, 0.6) is 5.75 Å². The van der Waals surface area contributed by atoms with E-state index >= 15 is 0 Å². The molecular weight excluding hydrogens is 378 g/mol. The van der Waals surface area contributed by atoms with Crippen molar-refractivity contribution in [2.45, 2.75) is 18.4 Å². The molecule has 0 bridgehead atoms. The van der Waals surface area contributed by atoms with Crippen molar-refractivity contribution in [2.24, 2.45) is 0 Å². The van der Waals surface area contributed by atoms with Crippen LogP contribution in [0, 0.1) is 6.92 Å². The van der Waals surface area contributed by atoms with Gasteiger partial charge in [-0.1, -0.05) is 35.0 Å².